The molecular formula is C17H14INO2. The van der Waals surface area contributed by atoms with Crippen LogP contribution >= 0.6 is 22.6 Å². The first-order chi connectivity index (χ1) is 10.0. The molecule has 0 unspecified atom stereocenters. The van der Waals surface area contributed by atoms with E-state index in [1.54, 1.807) is 0 Å². The van der Waals surface area contributed by atoms with Gasteiger partial charge in [-0.05, 0) is 53.3 Å². The molecule has 106 valence electrons. The van der Waals surface area contributed by atoms with Crippen molar-refractivity contribution >= 4 is 33.5 Å². The Morgan fingerprint density at radius 3 is 2.57 bits per heavy atom. The molecule has 2 aromatic carbocycles. The van der Waals surface area contributed by atoms with Crippen LogP contribution in [0.2, 0.25) is 0 Å². The molecule has 2 N–H and O–H groups in total. The molecule has 1 aromatic heterocycles. The van der Waals surface area contributed by atoms with Gasteiger partial charge in [-0.2, -0.15) is 0 Å². The number of aryl methyl sites for hydroxylation is 1. The fourth-order valence-corrected chi connectivity index (χ4v) is 2.85. The van der Waals surface area contributed by atoms with Crippen LogP contribution in [0, 0.1) is 10.5 Å². The molecule has 1 heterocycles. The van der Waals surface area contributed by atoms with Crippen molar-refractivity contribution in [3.8, 4) is 5.75 Å². The summed E-state index contributed by atoms with van der Waals surface area (Å²) in [5.74, 6) is 0.0767. The number of benzene rings is 2. The normalized spacial score (nSPS) is 11.0. The van der Waals surface area contributed by atoms with Gasteiger partial charge in [0.05, 0.1) is 11.1 Å². The summed E-state index contributed by atoms with van der Waals surface area (Å²) in [7, 11) is 0. The summed E-state index contributed by atoms with van der Waals surface area (Å²) in [6, 6.07) is 13.6. The lowest BCUT2D eigenvalue weighted by molar-refractivity contribution is 0.474. The third-order valence-electron chi connectivity index (χ3n) is 3.55. The van der Waals surface area contributed by atoms with E-state index >= 15 is 0 Å². The van der Waals surface area contributed by atoms with Crippen molar-refractivity contribution in [1.82, 2.24) is 4.98 Å². The van der Waals surface area contributed by atoms with Crippen LogP contribution in [0.5, 0.6) is 5.75 Å². The van der Waals surface area contributed by atoms with Gasteiger partial charge in [0.15, 0.2) is 0 Å². The Morgan fingerprint density at radius 1 is 1.14 bits per heavy atom. The summed E-state index contributed by atoms with van der Waals surface area (Å²) >= 11 is 2.19. The second-order valence-electron chi connectivity index (χ2n) is 5.13. The minimum absolute atomic E-state index is 0.0767. The smallest absolute Gasteiger partial charge is 0.255 e. The predicted octanol–water partition coefficient (Wildman–Crippen LogP) is 3.74. The highest BCUT2D eigenvalue weighted by Crippen LogP contribution is 2.27. The second kappa shape index (κ2) is 5.52. The molecule has 21 heavy (non-hydrogen) atoms. The minimum Gasteiger partial charge on any atom is -0.507 e. The van der Waals surface area contributed by atoms with E-state index in [0.717, 1.165) is 9.13 Å². The Hall–Kier alpha value is -1.82. The fraction of sp³-hybridized carbons (Fsp3) is 0.118. The maximum Gasteiger partial charge on any atom is 0.255 e. The number of fused-ring (bicyclic) bond motifs is 1. The highest BCUT2D eigenvalue weighted by Gasteiger charge is 2.12. The van der Waals surface area contributed by atoms with Gasteiger partial charge in [-0.15, -0.1) is 0 Å². The Labute approximate surface area is 135 Å². The van der Waals surface area contributed by atoms with Crippen LogP contribution in [0.15, 0.2) is 47.3 Å². The van der Waals surface area contributed by atoms with Gasteiger partial charge in [-0.1, -0.05) is 29.8 Å². The average Bonchev–Trinajstić information content (AvgIpc) is 2.46. The molecule has 3 rings (SSSR count). The number of hydrogen-bond acceptors (Lipinski definition) is 2. The van der Waals surface area contributed by atoms with Crippen LogP contribution in [0.1, 0.15) is 16.7 Å². The molecule has 0 aliphatic carbocycles. The average molecular weight is 391 g/mol. The van der Waals surface area contributed by atoms with Crippen LogP contribution in [0.4, 0.5) is 0 Å². The quantitative estimate of drug-likeness (QED) is 0.654. The Kier molecular flexibility index (Phi) is 3.71. The van der Waals surface area contributed by atoms with Crippen LogP contribution in [0.3, 0.4) is 0 Å². The lowest BCUT2D eigenvalue weighted by Gasteiger charge is -2.08. The third kappa shape index (κ3) is 2.81. The summed E-state index contributed by atoms with van der Waals surface area (Å²) in [6.07, 6.45) is 0.420. The third-order valence-corrected chi connectivity index (χ3v) is 4.22. The Morgan fingerprint density at radius 2 is 1.86 bits per heavy atom. The summed E-state index contributed by atoms with van der Waals surface area (Å²) < 4.78 is 1.02. The Balaban J connectivity index is 2.13. The topological polar surface area (TPSA) is 53.1 Å². The first-order valence-electron chi connectivity index (χ1n) is 6.63. The number of aromatic hydroxyl groups is 1. The van der Waals surface area contributed by atoms with E-state index in [2.05, 4.69) is 27.6 Å². The zero-order chi connectivity index (χ0) is 15.0. The number of aromatic amines is 1. The van der Waals surface area contributed by atoms with Crippen molar-refractivity contribution in [3.05, 3.63) is 73.1 Å². The maximum absolute atomic E-state index is 12.2. The zero-order valence-corrected chi connectivity index (χ0v) is 13.6. The van der Waals surface area contributed by atoms with Gasteiger partial charge in [0.1, 0.15) is 5.75 Å². The van der Waals surface area contributed by atoms with Gasteiger partial charge < -0.3 is 10.1 Å². The van der Waals surface area contributed by atoms with E-state index in [1.165, 1.54) is 5.56 Å². The molecule has 0 atom stereocenters. The largest absolute Gasteiger partial charge is 0.507 e. The first-order valence-corrected chi connectivity index (χ1v) is 7.71. The van der Waals surface area contributed by atoms with Gasteiger partial charge in [-0.3, -0.25) is 4.79 Å². The number of hydrogen-bond donors (Lipinski definition) is 2. The van der Waals surface area contributed by atoms with Gasteiger partial charge in [0.2, 0.25) is 0 Å². The van der Waals surface area contributed by atoms with Crippen LogP contribution < -0.4 is 5.56 Å². The lowest BCUT2D eigenvalue weighted by Crippen LogP contribution is -2.13. The van der Waals surface area contributed by atoms with Crippen LogP contribution in [-0.2, 0) is 6.42 Å². The van der Waals surface area contributed by atoms with Gasteiger partial charge in [0, 0.05) is 15.4 Å². The predicted molar refractivity (Wildman–Crippen MR) is 92.9 cm³/mol. The second-order valence-corrected chi connectivity index (χ2v) is 6.38. The molecule has 0 fully saturated rings. The molecule has 0 saturated carbocycles. The monoisotopic (exact) mass is 391 g/mol. The molecule has 0 spiro atoms. The van der Waals surface area contributed by atoms with Crippen molar-refractivity contribution < 1.29 is 5.11 Å². The molecule has 0 saturated heterocycles. The Bertz CT molecular complexity index is 866. The molecule has 0 bridgehead atoms. The van der Waals surface area contributed by atoms with E-state index in [-0.39, 0.29) is 11.3 Å². The van der Waals surface area contributed by atoms with E-state index in [0.29, 0.717) is 22.9 Å². The summed E-state index contributed by atoms with van der Waals surface area (Å²) in [5.41, 5.74) is 3.01. The molecular weight excluding hydrogens is 377 g/mol. The van der Waals surface area contributed by atoms with Crippen molar-refractivity contribution in [3.63, 3.8) is 0 Å². The van der Waals surface area contributed by atoms with Gasteiger partial charge in [-0.25, -0.2) is 0 Å². The van der Waals surface area contributed by atoms with Crippen molar-refractivity contribution in [2.75, 3.05) is 0 Å². The molecule has 3 nitrogen and oxygen atoms in total. The molecule has 0 radical (unpaired) electrons. The number of pyridine rings is 1. The summed E-state index contributed by atoms with van der Waals surface area (Å²) in [4.78, 5) is 15.0. The number of nitrogens with one attached hydrogen (secondary N) is 1. The van der Waals surface area contributed by atoms with E-state index < -0.39 is 0 Å². The lowest BCUT2D eigenvalue weighted by atomic mass is 10.0. The molecule has 4 heteroatoms. The standard InChI is InChI=1S/C17H14INO2/c1-10-2-4-11(5-3-10)8-14-16(20)13-9-12(18)6-7-15(13)19-17(14)21/h2-7,9H,8H2,1H3,(H2,19,20,21). The van der Waals surface area contributed by atoms with Crippen LogP contribution in [-0.4, -0.2) is 10.1 Å². The van der Waals surface area contributed by atoms with Crippen molar-refractivity contribution in [1.29, 1.82) is 0 Å². The SMILES string of the molecule is Cc1ccc(Cc2c(O)c3cc(I)ccc3[nH]c2=O)cc1. The number of halogens is 1. The van der Waals surface area contributed by atoms with Crippen molar-refractivity contribution in [2.45, 2.75) is 13.3 Å². The fourth-order valence-electron chi connectivity index (χ4n) is 2.36. The van der Waals surface area contributed by atoms with E-state index in [1.807, 2.05) is 49.4 Å². The number of aromatic nitrogens is 1. The van der Waals surface area contributed by atoms with Crippen LogP contribution in [0.25, 0.3) is 10.9 Å². The molecule has 0 aliphatic heterocycles. The van der Waals surface area contributed by atoms with E-state index in [4.69, 9.17) is 0 Å². The number of rotatable bonds is 2. The van der Waals surface area contributed by atoms with Gasteiger partial charge >= 0.3 is 0 Å². The number of H-pyrrole nitrogens is 1. The van der Waals surface area contributed by atoms with Crippen molar-refractivity contribution in [2.24, 2.45) is 0 Å². The molecule has 0 aliphatic rings. The highest BCUT2D eigenvalue weighted by atomic mass is 127. The highest BCUT2D eigenvalue weighted by molar-refractivity contribution is 14.1. The minimum atomic E-state index is -0.234. The molecule has 0 amide bonds. The molecule has 3 aromatic rings. The van der Waals surface area contributed by atoms with E-state index in [9.17, 15) is 9.90 Å². The van der Waals surface area contributed by atoms with Gasteiger partial charge in [0.25, 0.3) is 5.56 Å². The zero-order valence-electron chi connectivity index (χ0n) is 11.5. The first kappa shape index (κ1) is 14.1. The summed E-state index contributed by atoms with van der Waals surface area (Å²) in [6.45, 7) is 2.02. The summed E-state index contributed by atoms with van der Waals surface area (Å²) in [5, 5.41) is 11.1. The maximum atomic E-state index is 12.2.